The molecule has 0 aliphatic rings. The van der Waals surface area contributed by atoms with Gasteiger partial charge in [-0.15, -0.1) is 0 Å². The maximum absolute atomic E-state index is 8.78. The molecular formula is C10H8N6. The van der Waals surface area contributed by atoms with Gasteiger partial charge < -0.3 is 10.6 Å². The van der Waals surface area contributed by atoms with Crippen LogP contribution in [0, 0.1) is 34.0 Å². The summed E-state index contributed by atoms with van der Waals surface area (Å²) in [6.45, 7) is -0.000711. The fraction of sp³-hybridized carbons (Fsp3) is 0.200. The van der Waals surface area contributed by atoms with Crippen molar-refractivity contribution in [1.29, 1.82) is 15.8 Å². The highest BCUT2D eigenvalue weighted by atomic mass is 15.2. The Bertz CT molecular complexity index is 486. The fourth-order valence-corrected chi connectivity index (χ4v) is 1.19. The zero-order valence-electron chi connectivity index (χ0n) is 8.38. The molecule has 1 rings (SSSR count). The summed E-state index contributed by atoms with van der Waals surface area (Å²) in [5.74, 6) is 0.294. The first-order valence-corrected chi connectivity index (χ1v) is 4.38. The number of nitrogens with two attached hydrogens (primary N) is 1. The van der Waals surface area contributed by atoms with Crippen LogP contribution in [0.5, 0.6) is 0 Å². The second kappa shape index (κ2) is 5.19. The summed E-state index contributed by atoms with van der Waals surface area (Å²) < 4.78 is 0. The number of hydrogen-bond acceptors (Lipinski definition) is 6. The van der Waals surface area contributed by atoms with Crippen molar-refractivity contribution in [2.24, 2.45) is 0 Å². The molecule has 0 aromatic carbocycles. The molecule has 0 aliphatic heterocycles. The molecule has 0 amide bonds. The number of hydrogen-bond donors (Lipinski definition) is 1. The summed E-state index contributed by atoms with van der Waals surface area (Å²) in [6, 6.07) is 7.22. The van der Waals surface area contributed by atoms with Crippen LogP contribution in [0.2, 0.25) is 0 Å². The van der Waals surface area contributed by atoms with E-state index >= 15 is 0 Å². The van der Waals surface area contributed by atoms with Gasteiger partial charge in [0.1, 0.15) is 19.2 Å². The zero-order valence-corrected chi connectivity index (χ0v) is 8.38. The molecule has 0 spiro atoms. The van der Waals surface area contributed by atoms with E-state index in [0.29, 0.717) is 5.82 Å². The van der Waals surface area contributed by atoms with Crippen molar-refractivity contribution in [1.82, 2.24) is 4.98 Å². The molecule has 78 valence electrons. The lowest BCUT2D eigenvalue weighted by molar-refractivity contribution is 0.937. The molecule has 6 nitrogen and oxygen atoms in total. The van der Waals surface area contributed by atoms with Gasteiger partial charge in [-0.25, -0.2) is 4.98 Å². The Morgan fingerprint density at radius 2 is 1.88 bits per heavy atom. The van der Waals surface area contributed by atoms with Gasteiger partial charge in [0.15, 0.2) is 5.82 Å². The minimum Gasteiger partial charge on any atom is -0.395 e. The third-order valence-corrected chi connectivity index (χ3v) is 1.91. The van der Waals surface area contributed by atoms with Gasteiger partial charge in [-0.3, -0.25) is 0 Å². The van der Waals surface area contributed by atoms with Crippen LogP contribution in [0.1, 0.15) is 5.56 Å². The first-order chi connectivity index (χ1) is 7.74. The average Bonchev–Trinajstić information content (AvgIpc) is 2.29. The Balaban J connectivity index is 3.17. The van der Waals surface area contributed by atoms with E-state index in [4.69, 9.17) is 21.5 Å². The van der Waals surface area contributed by atoms with Crippen LogP contribution in [0.4, 0.5) is 11.5 Å². The van der Waals surface area contributed by atoms with E-state index in [1.54, 1.807) is 0 Å². The summed E-state index contributed by atoms with van der Waals surface area (Å²) in [6.07, 6.45) is 1.42. The lowest BCUT2D eigenvalue weighted by Gasteiger charge is -2.18. The van der Waals surface area contributed by atoms with Crippen LogP contribution < -0.4 is 10.6 Å². The number of rotatable bonds is 3. The Kier molecular flexibility index (Phi) is 3.66. The number of nitrogen functional groups attached to an aromatic ring is 1. The first kappa shape index (κ1) is 11.3. The number of nitrogens with zero attached hydrogens (tertiary/aromatic N) is 5. The molecular weight excluding hydrogens is 204 g/mol. The average molecular weight is 212 g/mol. The molecule has 2 N–H and O–H groups in total. The zero-order chi connectivity index (χ0) is 12.0. The normalized spacial score (nSPS) is 8.56. The van der Waals surface area contributed by atoms with Gasteiger partial charge in [-0.2, -0.15) is 15.8 Å². The van der Waals surface area contributed by atoms with Gasteiger partial charge in [0.2, 0.25) is 0 Å². The topological polar surface area (TPSA) is 114 Å². The summed E-state index contributed by atoms with van der Waals surface area (Å²) in [7, 11) is 0. The van der Waals surface area contributed by atoms with Crippen molar-refractivity contribution >= 4 is 11.5 Å². The first-order valence-electron chi connectivity index (χ1n) is 4.38. The van der Waals surface area contributed by atoms with Crippen molar-refractivity contribution in [3.8, 4) is 18.2 Å². The summed E-state index contributed by atoms with van der Waals surface area (Å²) in [5, 5.41) is 26.0. The molecule has 1 aromatic heterocycles. The van der Waals surface area contributed by atoms with Crippen molar-refractivity contribution in [3.63, 3.8) is 0 Å². The number of anilines is 2. The van der Waals surface area contributed by atoms with Crippen molar-refractivity contribution in [3.05, 3.63) is 17.8 Å². The molecule has 1 heterocycles. The quantitative estimate of drug-likeness (QED) is 0.725. The van der Waals surface area contributed by atoms with Gasteiger partial charge in [0.05, 0.1) is 23.4 Å². The van der Waals surface area contributed by atoms with Crippen molar-refractivity contribution < 1.29 is 0 Å². The minimum atomic E-state index is -0.000355. The highest BCUT2D eigenvalue weighted by Crippen LogP contribution is 2.22. The smallest absolute Gasteiger partial charge is 0.154 e. The Labute approximate surface area is 92.8 Å². The molecule has 16 heavy (non-hydrogen) atoms. The minimum absolute atomic E-state index is 0.000355. The molecule has 0 fully saturated rings. The third kappa shape index (κ3) is 2.17. The van der Waals surface area contributed by atoms with Crippen LogP contribution in [0.3, 0.4) is 0 Å². The number of nitriles is 3. The van der Waals surface area contributed by atoms with E-state index in [-0.39, 0.29) is 24.3 Å². The van der Waals surface area contributed by atoms with E-state index in [2.05, 4.69) is 4.98 Å². The predicted octanol–water partition coefficient (Wildman–Crippen LogP) is 0.389. The molecule has 0 saturated carbocycles. The molecule has 1 aromatic rings. The molecule has 6 heteroatoms. The van der Waals surface area contributed by atoms with Gasteiger partial charge in [0, 0.05) is 6.20 Å². The third-order valence-electron chi connectivity index (χ3n) is 1.91. The monoisotopic (exact) mass is 212 g/mol. The predicted molar refractivity (Wildman–Crippen MR) is 56.8 cm³/mol. The summed E-state index contributed by atoms with van der Waals surface area (Å²) in [5.41, 5.74) is 6.18. The lowest BCUT2D eigenvalue weighted by Crippen LogP contribution is -2.26. The molecule has 0 radical (unpaired) electrons. The second-order valence-corrected chi connectivity index (χ2v) is 2.88. The summed E-state index contributed by atoms with van der Waals surface area (Å²) in [4.78, 5) is 5.38. The van der Waals surface area contributed by atoms with E-state index in [1.807, 2.05) is 18.2 Å². The van der Waals surface area contributed by atoms with E-state index in [1.165, 1.54) is 17.2 Å². The van der Waals surface area contributed by atoms with Crippen molar-refractivity contribution in [2.75, 3.05) is 23.7 Å². The highest BCUT2D eigenvalue weighted by molar-refractivity contribution is 5.70. The van der Waals surface area contributed by atoms with E-state index < -0.39 is 0 Å². The highest BCUT2D eigenvalue weighted by Gasteiger charge is 2.13. The van der Waals surface area contributed by atoms with E-state index in [9.17, 15) is 0 Å². The maximum Gasteiger partial charge on any atom is 0.154 e. The Morgan fingerprint density at radius 3 is 2.38 bits per heavy atom. The SMILES string of the molecule is N#CCN(CC#N)c1nccc(C#N)c1N. The van der Waals surface area contributed by atoms with Gasteiger partial charge in [-0.05, 0) is 6.07 Å². The number of aromatic nitrogens is 1. The molecule has 0 bridgehead atoms. The van der Waals surface area contributed by atoms with Crippen LogP contribution >= 0.6 is 0 Å². The number of pyridine rings is 1. The maximum atomic E-state index is 8.78. The largest absolute Gasteiger partial charge is 0.395 e. The van der Waals surface area contributed by atoms with Gasteiger partial charge in [-0.1, -0.05) is 0 Å². The van der Waals surface area contributed by atoms with Crippen molar-refractivity contribution in [2.45, 2.75) is 0 Å². The van der Waals surface area contributed by atoms with Gasteiger partial charge in [0.25, 0.3) is 0 Å². The van der Waals surface area contributed by atoms with E-state index in [0.717, 1.165) is 0 Å². The van der Waals surface area contributed by atoms with Crippen LogP contribution in [0.15, 0.2) is 12.3 Å². The summed E-state index contributed by atoms with van der Waals surface area (Å²) >= 11 is 0. The standard InChI is InChI=1S/C10H8N6/c11-2-5-16(6-3-12)10-9(14)8(7-13)1-4-15-10/h1,4H,5-6,14H2. The molecule has 0 saturated heterocycles. The Morgan fingerprint density at radius 1 is 1.25 bits per heavy atom. The van der Waals surface area contributed by atoms with Gasteiger partial charge >= 0.3 is 0 Å². The Hall–Kier alpha value is -2.78. The van der Waals surface area contributed by atoms with Crippen LogP contribution in [0.25, 0.3) is 0 Å². The fourth-order valence-electron chi connectivity index (χ4n) is 1.19. The molecule has 0 unspecified atom stereocenters. The second-order valence-electron chi connectivity index (χ2n) is 2.88. The molecule has 0 atom stereocenters. The lowest BCUT2D eigenvalue weighted by atomic mass is 10.2. The molecule has 0 aliphatic carbocycles. The van der Waals surface area contributed by atoms with Crippen LogP contribution in [-0.2, 0) is 0 Å². The van der Waals surface area contributed by atoms with Crippen LogP contribution in [-0.4, -0.2) is 18.1 Å².